The van der Waals surface area contributed by atoms with Crippen molar-refractivity contribution in [1.29, 1.82) is 0 Å². The second kappa shape index (κ2) is 8.28. The Bertz CT molecular complexity index is 456. The van der Waals surface area contributed by atoms with Crippen LogP contribution in [0.5, 0.6) is 5.75 Å². The molecule has 0 bridgehead atoms. The molecule has 116 valence electrons. The van der Waals surface area contributed by atoms with E-state index < -0.39 is 6.10 Å². The van der Waals surface area contributed by atoms with Gasteiger partial charge < -0.3 is 10.1 Å². The fourth-order valence-corrected chi connectivity index (χ4v) is 2.90. The van der Waals surface area contributed by atoms with Gasteiger partial charge in [0.15, 0.2) is 6.10 Å². The van der Waals surface area contributed by atoms with Crippen LogP contribution in [-0.4, -0.2) is 18.1 Å². The van der Waals surface area contributed by atoms with Gasteiger partial charge in [0.05, 0.1) is 0 Å². The summed E-state index contributed by atoms with van der Waals surface area (Å²) in [6.07, 6.45) is 7.94. The van der Waals surface area contributed by atoms with Gasteiger partial charge in [0.25, 0.3) is 5.91 Å². The molecule has 0 aliphatic heterocycles. The molecule has 1 fully saturated rings. The molecule has 1 amide bonds. The summed E-state index contributed by atoms with van der Waals surface area (Å²) in [5.41, 5.74) is 0. The lowest BCUT2D eigenvalue weighted by atomic mass is 9.96. The Labute approximate surface area is 132 Å². The minimum Gasteiger partial charge on any atom is -0.481 e. The van der Waals surface area contributed by atoms with E-state index in [1.165, 1.54) is 32.1 Å². The first kappa shape index (κ1) is 16.2. The van der Waals surface area contributed by atoms with Crippen LogP contribution in [-0.2, 0) is 4.79 Å². The molecular weight excluding hydrogens is 286 g/mol. The molecule has 0 unspecified atom stereocenters. The zero-order chi connectivity index (χ0) is 15.1. The Morgan fingerprint density at radius 2 is 1.90 bits per heavy atom. The summed E-state index contributed by atoms with van der Waals surface area (Å²) in [6.45, 7) is 1.78. The van der Waals surface area contributed by atoms with Crippen LogP contribution in [0.4, 0.5) is 0 Å². The third-order valence-corrected chi connectivity index (χ3v) is 4.16. The molecule has 1 aliphatic rings. The smallest absolute Gasteiger partial charge is 0.260 e. The van der Waals surface area contributed by atoms with Gasteiger partial charge in [0, 0.05) is 11.1 Å². The molecule has 1 saturated carbocycles. The fourth-order valence-electron chi connectivity index (χ4n) is 2.72. The van der Waals surface area contributed by atoms with Crippen molar-refractivity contribution >= 4 is 17.5 Å². The van der Waals surface area contributed by atoms with Crippen LogP contribution >= 0.6 is 11.6 Å². The third-order valence-electron chi connectivity index (χ3n) is 3.93. The van der Waals surface area contributed by atoms with Gasteiger partial charge in [-0.2, -0.15) is 0 Å². The minimum atomic E-state index is -0.506. The van der Waals surface area contributed by atoms with Crippen molar-refractivity contribution in [3.05, 3.63) is 29.3 Å². The number of carbonyl (C=O) groups is 1. The number of hydrogen-bond acceptors (Lipinski definition) is 2. The quantitative estimate of drug-likeness (QED) is 0.898. The highest BCUT2D eigenvalue weighted by Gasteiger charge is 2.19. The second-order valence-electron chi connectivity index (χ2n) is 5.77. The maximum absolute atomic E-state index is 12.2. The molecule has 1 aromatic rings. The van der Waals surface area contributed by atoms with Gasteiger partial charge >= 0.3 is 0 Å². The summed E-state index contributed by atoms with van der Waals surface area (Å²) in [5.74, 6) is 0.586. The molecule has 0 aromatic heterocycles. The second-order valence-corrected chi connectivity index (χ2v) is 6.20. The van der Waals surface area contributed by atoms with E-state index in [0.29, 0.717) is 16.8 Å². The molecular formula is C17H24ClNO2. The topological polar surface area (TPSA) is 38.3 Å². The lowest BCUT2D eigenvalue weighted by molar-refractivity contribution is -0.128. The average molecular weight is 310 g/mol. The van der Waals surface area contributed by atoms with E-state index in [9.17, 15) is 4.79 Å². The van der Waals surface area contributed by atoms with Gasteiger partial charge in [-0.25, -0.2) is 0 Å². The van der Waals surface area contributed by atoms with Crippen LogP contribution in [0, 0.1) is 0 Å². The zero-order valence-electron chi connectivity index (χ0n) is 12.6. The number of amides is 1. The number of rotatable bonds is 4. The molecule has 1 aromatic carbocycles. The Balaban J connectivity index is 1.83. The molecule has 2 rings (SSSR count). The largest absolute Gasteiger partial charge is 0.481 e. The molecule has 0 spiro atoms. The summed E-state index contributed by atoms with van der Waals surface area (Å²) in [7, 11) is 0. The van der Waals surface area contributed by atoms with E-state index in [1.54, 1.807) is 19.1 Å². The van der Waals surface area contributed by atoms with E-state index in [4.69, 9.17) is 16.3 Å². The maximum Gasteiger partial charge on any atom is 0.260 e. The van der Waals surface area contributed by atoms with Crippen LogP contribution in [0.25, 0.3) is 0 Å². The maximum atomic E-state index is 12.2. The van der Waals surface area contributed by atoms with Gasteiger partial charge in [-0.05, 0) is 38.0 Å². The van der Waals surface area contributed by atoms with Crippen molar-refractivity contribution in [2.75, 3.05) is 0 Å². The normalized spacial score (nSPS) is 18.4. The zero-order valence-corrected chi connectivity index (χ0v) is 13.4. The Morgan fingerprint density at radius 3 is 2.57 bits per heavy atom. The summed E-state index contributed by atoms with van der Waals surface area (Å²) in [5, 5.41) is 3.74. The SMILES string of the molecule is C[C@H](Oc1cccc(Cl)c1)C(=O)NC1CCCCCCC1. The molecule has 3 nitrogen and oxygen atoms in total. The highest BCUT2D eigenvalue weighted by atomic mass is 35.5. The lowest BCUT2D eigenvalue weighted by Gasteiger charge is -2.23. The summed E-state index contributed by atoms with van der Waals surface area (Å²) < 4.78 is 5.66. The van der Waals surface area contributed by atoms with Crippen molar-refractivity contribution in [3.8, 4) is 5.75 Å². The number of hydrogen-bond donors (Lipinski definition) is 1. The number of carbonyl (C=O) groups excluding carboxylic acids is 1. The molecule has 1 aliphatic carbocycles. The minimum absolute atomic E-state index is 0.0412. The van der Waals surface area contributed by atoms with Gasteiger partial charge in [-0.15, -0.1) is 0 Å². The van der Waals surface area contributed by atoms with E-state index in [2.05, 4.69) is 5.32 Å². The fraction of sp³-hybridized carbons (Fsp3) is 0.588. The average Bonchev–Trinajstić information content (AvgIpc) is 2.41. The summed E-state index contributed by atoms with van der Waals surface area (Å²) >= 11 is 5.92. The first-order valence-electron chi connectivity index (χ1n) is 7.88. The molecule has 0 heterocycles. The highest BCUT2D eigenvalue weighted by Crippen LogP contribution is 2.19. The van der Waals surface area contributed by atoms with E-state index in [0.717, 1.165) is 12.8 Å². The predicted molar refractivity (Wildman–Crippen MR) is 85.8 cm³/mol. The lowest BCUT2D eigenvalue weighted by Crippen LogP contribution is -2.42. The Hall–Kier alpha value is -1.22. The summed E-state index contributed by atoms with van der Waals surface area (Å²) in [4.78, 5) is 12.2. The van der Waals surface area contributed by atoms with Crippen molar-refractivity contribution in [2.24, 2.45) is 0 Å². The van der Waals surface area contributed by atoms with Gasteiger partial charge in [-0.3, -0.25) is 4.79 Å². The predicted octanol–water partition coefficient (Wildman–Crippen LogP) is 4.34. The molecule has 1 N–H and O–H groups in total. The number of halogens is 1. The standard InChI is InChI=1S/C17H24ClNO2/c1-13(21-16-11-7-8-14(18)12-16)17(20)19-15-9-5-3-2-4-6-10-15/h7-8,11-13,15H,2-6,9-10H2,1H3,(H,19,20)/t13-/m0/s1. The summed E-state index contributed by atoms with van der Waals surface area (Å²) in [6, 6.07) is 7.43. The van der Waals surface area contributed by atoms with Crippen LogP contribution in [0.2, 0.25) is 5.02 Å². The molecule has 0 radical (unpaired) electrons. The first-order chi connectivity index (χ1) is 10.1. The van der Waals surface area contributed by atoms with Crippen LogP contribution in [0.1, 0.15) is 51.9 Å². The number of benzene rings is 1. The van der Waals surface area contributed by atoms with Crippen LogP contribution < -0.4 is 10.1 Å². The molecule has 21 heavy (non-hydrogen) atoms. The Morgan fingerprint density at radius 1 is 1.24 bits per heavy atom. The van der Waals surface area contributed by atoms with Crippen molar-refractivity contribution in [3.63, 3.8) is 0 Å². The third kappa shape index (κ3) is 5.58. The van der Waals surface area contributed by atoms with Gasteiger partial charge in [-0.1, -0.05) is 49.8 Å². The van der Waals surface area contributed by atoms with E-state index in [-0.39, 0.29) is 5.91 Å². The van der Waals surface area contributed by atoms with Crippen molar-refractivity contribution in [2.45, 2.75) is 64.0 Å². The van der Waals surface area contributed by atoms with Gasteiger partial charge in [0.1, 0.15) is 5.75 Å². The molecule has 4 heteroatoms. The Kier molecular flexibility index (Phi) is 6.37. The highest BCUT2D eigenvalue weighted by molar-refractivity contribution is 6.30. The first-order valence-corrected chi connectivity index (χ1v) is 8.25. The number of ether oxygens (including phenoxy) is 1. The van der Waals surface area contributed by atoms with Crippen LogP contribution in [0.3, 0.4) is 0 Å². The van der Waals surface area contributed by atoms with Crippen molar-refractivity contribution in [1.82, 2.24) is 5.32 Å². The van der Waals surface area contributed by atoms with E-state index in [1.807, 2.05) is 12.1 Å². The number of nitrogens with one attached hydrogen (secondary N) is 1. The van der Waals surface area contributed by atoms with E-state index >= 15 is 0 Å². The van der Waals surface area contributed by atoms with Crippen LogP contribution in [0.15, 0.2) is 24.3 Å². The molecule has 1 atom stereocenters. The monoisotopic (exact) mass is 309 g/mol. The van der Waals surface area contributed by atoms with Crippen molar-refractivity contribution < 1.29 is 9.53 Å². The molecule has 0 saturated heterocycles. The van der Waals surface area contributed by atoms with Gasteiger partial charge in [0.2, 0.25) is 0 Å².